The first-order valence-corrected chi connectivity index (χ1v) is 6.37. The van der Waals surface area contributed by atoms with Crippen LogP contribution < -0.4 is 10.1 Å². The van der Waals surface area contributed by atoms with Gasteiger partial charge < -0.3 is 10.1 Å². The van der Waals surface area contributed by atoms with Crippen LogP contribution in [0.4, 0.5) is 10.1 Å². The molecule has 3 nitrogen and oxygen atoms in total. The molecule has 0 fully saturated rings. The summed E-state index contributed by atoms with van der Waals surface area (Å²) < 4.78 is 19.3. The largest absolute Gasteiger partial charge is 0.481 e. The molecule has 5 heteroatoms. The number of ether oxygens (including phenoxy) is 1. The zero-order valence-electron chi connectivity index (χ0n) is 9.90. The van der Waals surface area contributed by atoms with E-state index in [1.54, 1.807) is 24.3 Å². The van der Waals surface area contributed by atoms with Crippen LogP contribution in [0.2, 0.25) is 0 Å². The summed E-state index contributed by atoms with van der Waals surface area (Å²) >= 11 is 3.30. The van der Waals surface area contributed by atoms with Crippen molar-refractivity contribution in [2.45, 2.75) is 0 Å². The average Bonchev–Trinajstić information content (AvgIpc) is 2.40. The lowest BCUT2D eigenvalue weighted by Gasteiger charge is -2.08. The van der Waals surface area contributed by atoms with Gasteiger partial charge in [-0.25, -0.2) is 4.39 Å². The fourth-order valence-corrected chi connectivity index (χ4v) is 1.70. The number of hydrogen-bond acceptors (Lipinski definition) is 2. The van der Waals surface area contributed by atoms with E-state index < -0.39 is 5.82 Å². The fourth-order valence-electron chi connectivity index (χ4n) is 1.44. The highest BCUT2D eigenvalue weighted by atomic mass is 79.9. The van der Waals surface area contributed by atoms with Crippen LogP contribution >= 0.6 is 15.9 Å². The van der Waals surface area contributed by atoms with E-state index in [1.807, 2.05) is 12.1 Å². The normalized spacial score (nSPS) is 10.0. The Bertz CT molecular complexity index is 572. The van der Waals surface area contributed by atoms with Gasteiger partial charge in [0.1, 0.15) is 0 Å². The van der Waals surface area contributed by atoms with Gasteiger partial charge in [-0.1, -0.05) is 28.1 Å². The molecule has 1 amide bonds. The van der Waals surface area contributed by atoms with Gasteiger partial charge in [0.2, 0.25) is 0 Å². The minimum atomic E-state index is -0.487. The predicted octanol–water partition coefficient (Wildman–Crippen LogP) is 3.61. The zero-order chi connectivity index (χ0) is 13.7. The van der Waals surface area contributed by atoms with Crippen LogP contribution in [0.5, 0.6) is 5.75 Å². The second-order valence-electron chi connectivity index (χ2n) is 3.77. The highest BCUT2D eigenvalue weighted by molar-refractivity contribution is 9.10. The number of para-hydroxylation sites is 1. The molecular formula is C14H11BrFNO2. The van der Waals surface area contributed by atoms with E-state index in [4.69, 9.17) is 4.74 Å². The van der Waals surface area contributed by atoms with Crippen molar-refractivity contribution in [3.63, 3.8) is 0 Å². The molecule has 2 aromatic carbocycles. The molecule has 2 rings (SSSR count). The van der Waals surface area contributed by atoms with Gasteiger partial charge in [0.25, 0.3) is 5.91 Å². The number of halogens is 2. The first-order chi connectivity index (χ1) is 9.15. The molecule has 98 valence electrons. The molecule has 1 N–H and O–H groups in total. The highest BCUT2D eigenvalue weighted by Crippen LogP contribution is 2.16. The molecule has 0 aliphatic carbocycles. The number of nitrogens with one attached hydrogen (secondary N) is 1. The molecule has 0 aliphatic heterocycles. The lowest BCUT2D eigenvalue weighted by molar-refractivity contribution is -0.118. The fraction of sp³-hybridized carbons (Fsp3) is 0.0714. The minimum Gasteiger partial charge on any atom is -0.481 e. The Kier molecular flexibility index (Phi) is 4.52. The third-order valence-electron chi connectivity index (χ3n) is 2.32. The van der Waals surface area contributed by atoms with Crippen molar-refractivity contribution in [3.8, 4) is 5.75 Å². The monoisotopic (exact) mass is 323 g/mol. The molecule has 0 radical (unpaired) electrons. The standard InChI is InChI=1S/C14H11BrFNO2/c15-10-5-7-11(8-6-10)17-14(18)9-19-13-4-2-1-3-12(13)16/h1-8H,9H2,(H,17,18). The van der Waals surface area contributed by atoms with Gasteiger partial charge in [-0.2, -0.15) is 0 Å². The Morgan fingerprint density at radius 2 is 1.84 bits per heavy atom. The predicted molar refractivity (Wildman–Crippen MR) is 74.7 cm³/mol. The molecule has 0 spiro atoms. The highest BCUT2D eigenvalue weighted by Gasteiger charge is 2.06. The van der Waals surface area contributed by atoms with Crippen LogP contribution in [0.3, 0.4) is 0 Å². The molecule has 0 atom stereocenters. The maximum Gasteiger partial charge on any atom is 0.262 e. The lowest BCUT2D eigenvalue weighted by atomic mass is 10.3. The summed E-state index contributed by atoms with van der Waals surface area (Å²) in [5.74, 6) is -0.766. The van der Waals surface area contributed by atoms with E-state index in [0.29, 0.717) is 5.69 Å². The molecule has 0 heterocycles. The number of carbonyl (C=O) groups excluding carboxylic acids is 1. The van der Waals surface area contributed by atoms with E-state index in [1.165, 1.54) is 12.1 Å². The smallest absolute Gasteiger partial charge is 0.262 e. The van der Waals surface area contributed by atoms with Crippen LogP contribution in [0.1, 0.15) is 0 Å². The Hall–Kier alpha value is -1.88. The second kappa shape index (κ2) is 6.33. The summed E-state index contributed by atoms with van der Waals surface area (Å²) in [6.45, 7) is -0.239. The maximum atomic E-state index is 13.2. The number of anilines is 1. The van der Waals surface area contributed by atoms with Gasteiger partial charge in [-0.3, -0.25) is 4.79 Å². The van der Waals surface area contributed by atoms with Crippen LogP contribution in [0, 0.1) is 5.82 Å². The van der Waals surface area contributed by atoms with Crippen LogP contribution in [0.25, 0.3) is 0 Å². The van der Waals surface area contributed by atoms with Crippen molar-refractivity contribution in [3.05, 3.63) is 58.8 Å². The first-order valence-electron chi connectivity index (χ1n) is 5.58. The second-order valence-corrected chi connectivity index (χ2v) is 4.69. The van der Waals surface area contributed by atoms with Crippen molar-refractivity contribution in [1.29, 1.82) is 0 Å². The summed E-state index contributed by atoms with van der Waals surface area (Å²) in [5.41, 5.74) is 0.658. The Balaban J connectivity index is 1.88. The molecular weight excluding hydrogens is 313 g/mol. The Morgan fingerprint density at radius 3 is 2.53 bits per heavy atom. The van der Waals surface area contributed by atoms with Gasteiger partial charge >= 0.3 is 0 Å². The summed E-state index contributed by atoms with van der Waals surface area (Å²) in [4.78, 5) is 11.6. The molecule has 19 heavy (non-hydrogen) atoms. The maximum absolute atomic E-state index is 13.2. The summed E-state index contributed by atoms with van der Waals surface area (Å²) in [7, 11) is 0. The van der Waals surface area contributed by atoms with Crippen molar-refractivity contribution in [2.24, 2.45) is 0 Å². The summed E-state index contributed by atoms with van der Waals surface area (Å²) in [6, 6.07) is 13.1. The number of rotatable bonds is 4. The molecule has 0 saturated carbocycles. The molecule has 2 aromatic rings. The van der Waals surface area contributed by atoms with Crippen molar-refractivity contribution < 1.29 is 13.9 Å². The van der Waals surface area contributed by atoms with Gasteiger partial charge in [0.05, 0.1) is 0 Å². The van der Waals surface area contributed by atoms with E-state index in [-0.39, 0.29) is 18.3 Å². The minimum absolute atomic E-state index is 0.0634. The van der Waals surface area contributed by atoms with E-state index in [0.717, 1.165) is 4.47 Å². The lowest BCUT2D eigenvalue weighted by Crippen LogP contribution is -2.20. The van der Waals surface area contributed by atoms with Gasteiger partial charge in [0, 0.05) is 10.2 Å². The Morgan fingerprint density at radius 1 is 1.16 bits per heavy atom. The van der Waals surface area contributed by atoms with E-state index >= 15 is 0 Å². The number of benzene rings is 2. The van der Waals surface area contributed by atoms with Gasteiger partial charge in [0.15, 0.2) is 18.2 Å². The topological polar surface area (TPSA) is 38.3 Å². The van der Waals surface area contributed by atoms with Crippen LogP contribution in [-0.2, 0) is 4.79 Å². The third-order valence-corrected chi connectivity index (χ3v) is 2.85. The van der Waals surface area contributed by atoms with Crippen LogP contribution in [0.15, 0.2) is 53.0 Å². The van der Waals surface area contributed by atoms with Crippen molar-refractivity contribution in [2.75, 3.05) is 11.9 Å². The quantitative estimate of drug-likeness (QED) is 0.933. The first kappa shape index (κ1) is 13.5. The number of carbonyl (C=O) groups is 1. The SMILES string of the molecule is O=C(COc1ccccc1F)Nc1ccc(Br)cc1. The van der Waals surface area contributed by atoms with Crippen molar-refractivity contribution in [1.82, 2.24) is 0 Å². The zero-order valence-corrected chi connectivity index (χ0v) is 11.5. The summed E-state index contributed by atoms with van der Waals surface area (Å²) in [5, 5.41) is 2.65. The molecule has 0 saturated heterocycles. The van der Waals surface area contributed by atoms with E-state index in [9.17, 15) is 9.18 Å². The third kappa shape index (κ3) is 4.06. The number of amides is 1. The molecule has 0 aromatic heterocycles. The number of hydrogen-bond donors (Lipinski definition) is 1. The molecule has 0 bridgehead atoms. The van der Waals surface area contributed by atoms with Crippen molar-refractivity contribution >= 4 is 27.5 Å². The van der Waals surface area contributed by atoms with Gasteiger partial charge in [-0.05, 0) is 36.4 Å². The van der Waals surface area contributed by atoms with Crippen LogP contribution in [-0.4, -0.2) is 12.5 Å². The summed E-state index contributed by atoms with van der Waals surface area (Å²) in [6.07, 6.45) is 0. The molecule has 0 unspecified atom stereocenters. The average molecular weight is 324 g/mol. The Labute approximate surface area is 118 Å². The van der Waals surface area contributed by atoms with E-state index in [2.05, 4.69) is 21.2 Å². The van der Waals surface area contributed by atoms with Gasteiger partial charge in [-0.15, -0.1) is 0 Å². The molecule has 0 aliphatic rings.